The fourth-order valence-corrected chi connectivity index (χ4v) is 1.92. The van der Waals surface area contributed by atoms with Crippen molar-refractivity contribution in [1.29, 1.82) is 0 Å². The zero-order valence-corrected chi connectivity index (χ0v) is 11.7. The summed E-state index contributed by atoms with van der Waals surface area (Å²) in [4.78, 5) is 11.5. The van der Waals surface area contributed by atoms with Crippen molar-refractivity contribution in [2.75, 3.05) is 12.4 Å². The molecule has 2 aromatic heterocycles. The summed E-state index contributed by atoms with van der Waals surface area (Å²) in [6.45, 7) is -0.0164. The number of hydrogen-bond donors (Lipinski definition) is 1. The number of nitrogens with one attached hydrogen (secondary N) is 1. The maximum atomic E-state index is 12.2. The van der Waals surface area contributed by atoms with Crippen LogP contribution >= 0.6 is 0 Å². The summed E-state index contributed by atoms with van der Waals surface area (Å²) in [7, 11) is 3.07. The highest BCUT2D eigenvalue weighted by molar-refractivity contribution is 5.87. The maximum Gasteiger partial charge on any atom is 0.354 e. The minimum atomic E-state index is -2.44. The third-order valence-electron chi connectivity index (χ3n) is 3.04. The van der Waals surface area contributed by atoms with E-state index in [1.54, 1.807) is 29.8 Å². The van der Waals surface area contributed by atoms with E-state index in [1.807, 2.05) is 0 Å². The van der Waals surface area contributed by atoms with Gasteiger partial charge in [0.1, 0.15) is 18.1 Å². The van der Waals surface area contributed by atoms with Gasteiger partial charge in [0.25, 0.3) is 6.43 Å². The van der Waals surface area contributed by atoms with E-state index < -0.39 is 18.9 Å². The van der Waals surface area contributed by atoms with Crippen LogP contribution in [0.4, 0.5) is 14.6 Å². The first kappa shape index (κ1) is 15.0. The van der Waals surface area contributed by atoms with Crippen LogP contribution in [0.3, 0.4) is 0 Å². The molecular weight excluding hydrogens is 282 g/mol. The van der Waals surface area contributed by atoms with E-state index in [0.717, 1.165) is 5.69 Å². The number of halogens is 2. The van der Waals surface area contributed by atoms with Gasteiger partial charge in [-0.25, -0.2) is 13.6 Å². The first-order chi connectivity index (χ1) is 10.0. The second kappa shape index (κ2) is 6.38. The summed E-state index contributed by atoms with van der Waals surface area (Å²) < 4.78 is 32.0. The Bertz CT molecular complexity index is 621. The molecular formula is C13H16F2N4O2. The predicted octanol–water partition coefficient (Wildman–Crippen LogP) is 1.89. The molecule has 0 saturated heterocycles. The standard InChI is InChI=1S/C13H16F2N4O2/c1-18-9(3-4-10(18)13(20)21-2)7-16-12-5-6-19(17-12)8-11(14)15/h3-6,11H,7-8H2,1-2H3,(H,16,17). The van der Waals surface area contributed by atoms with Gasteiger partial charge >= 0.3 is 5.97 Å². The van der Waals surface area contributed by atoms with E-state index in [4.69, 9.17) is 0 Å². The molecule has 0 bridgehead atoms. The van der Waals surface area contributed by atoms with Crippen LogP contribution in [-0.4, -0.2) is 33.9 Å². The van der Waals surface area contributed by atoms with Crippen molar-refractivity contribution >= 4 is 11.8 Å². The van der Waals surface area contributed by atoms with E-state index in [9.17, 15) is 13.6 Å². The molecule has 6 nitrogen and oxygen atoms in total. The van der Waals surface area contributed by atoms with Crippen molar-refractivity contribution in [2.45, 2.75) is 19.5 Å². The Morgan fingerprint density at radius 2 is 2.19 bits per heavy atom. The van der Waals surface area contributed by atoms with Crippen LogP contribution in [0, 0.1) is 0 Å². The minimum absolute atomic E-state index is 0.412. The molecule has 0 aliphatic carbocycles. The lowest BCUT2D eigenvalue weighted by Crippen LogP contribution is -2.12. The summed E-state index contributed by atoms with van der Waals surface area (Å²) in [6, 6.07) is 5.07. The molecule has 0 saturated carbocycles. The Morgan fingerprint density at radius 3 is 2.86 bits per heavy atom. The van der Waals surface area contributed by atoms with Crippen LogP contribution in [0.25, 0.3) is 0 Å². The van der Waals surface area contributed by atoms with Crippen LogP contribution in [-0.2, 0) is 24.9 Å². The molecule has 0 atom stereocenters. The fourth-order valence-electron chi connectivity index (χ4n) is 1.92. The van der Waals surface area contributed by atoms with Gasteiger partial charge in [-0.1, -0.05) is 0 Å². The Hall–Kier alpha value is -2.38. The molecule has 0 radical (unpaired) electrons. The summed E-state index contributed by atoms with van der Waals surface area (Å²) in [5, 5.41) is 6.99. The molecule has 0 amide bonds. The Balaban J connectivity index is 1.98. The number of nitrogens with zero attached hydrogens (tertiary/aromatic N) is 3. The van der Waals surface area contributed by atoms with Gasteiger partial charge in [-0.2, -0.15) is 5.10 Å². The number of methoxy groups -OCH3 is 1. The molecule has 0 unspecified atom stereocenters. The Kier molecular flexibility index (Phi) is 4.56. The number of carbonyl (C=O) groups excluding carboxylic acids is 1. The molecule has 2 rings (SSSR count). The third kappa shape index (κ3) is 3.59. The normalized spacial score (nSPS) is 10.9. The molecule has 0 aliphatic rings. The first-order valence-corrected chi connectivity index (χ1v) is 6.29. The molecule has 2 heterocycles. The van der Waals surface area contributed by atoms with Gasteiger partial charge in [-0.15, -0.1) is 0 Å². The number of carbonyl (C=O) groups is 1. The molecule has 21 heavy (non-hydrogen) atoms. The summed E-state index contributed by atoms with van der Waals surface area (Å²) >= 11 is 0. The Labute approximate surface area is 120 Å². The van der Waals surface area contributed by atoms with Gasteiger partial charge in [-0.3, -0.25) is 4.68 Å². The largest absolute Gasteiger partial charge is 0.464 e. The Morgan fingerprint density at radius 1 is 1.43 bits per heavy atom. The van der Waals surface area contributed by atoms with Crippen molar-refractivity contribution < 1.29 is 18.3 Å². The number of rotatable bonds is 6. The van der Waals surface area contributed by atoms with Crippen LogP contribution in [0.15, 0.2) is 24.4 Å². The van der Waals surface area contributed by atoms with Crippen molar-refractivity contribution in [3.05, 3.63) is 35.8 Å². The van der Waals surface area contributed by atoms with Crippen LogP contribution in [0.5, 0.6) is 0 Å². The first-order valence-electron chi connectivity index (χ1n) is 6.29. The van der Waals surface area contributed by atoms with Crippen molar-refractivity contribution in [3.8, 4) is 0 Å². The number of hydrogen-bond acceptors (Lipinski definition) is 4. The smallest absolute Gasteiger partial charge is 0.354 e. The van der Waals surface area contributed by atoms with Crippen LogP contribution in [0.1, 0.15) is 16.2 Å². The lowest BCUT2D eigenvalue weighted by atomic mass is 10.4. The summed E-state index contributed by atoms with van der Waals surface area (Å²) in [6.07, 6.45) is -0.951. The van der Waals surface area contributed by atoms with Gasteiger partial charge in [-0.05, 0) is 12.1 Å². The average Bonchev–Trinajstić information content (AvgIpc) is 3.02. The van der Waals surface area contributed by atoms with Crippen molar-refractivity contribution in [3.63, 3.8) is 0 Å². The lowest BCUT2D eigenvalue weighted by molar-refractivity contribution is 0.0589. The van der Waals surface area contributed by atoms with E-state index >= 15 is 0 Å². The highest BCUT2D eigenvalue weighted by Crippen LogP contribution is 2.11. The van der Waals surface area contributed by atoms with Gasteiger partial charge in [0.05, 0.1) is 13.7 Å². The molecule has 114 valence electrons. The number of alkyl halides is 2. The zero-order chi connectivity index (χ0) is 15.4. The van der Waals surface area contributed by atoms with Crippen molar-refractivity contribution in [1.82, 2.24) is 14.3 Å². The monoisotopic (exact) mass is 298 g/mol. The zero-order valence-electron chi connectivity index (χ0n) is 11.7. The minimum Gasteiger partial charge on any atom is -0.464 e. The number of anilines is 1. The molecule has 0 aromatic carbocycles. The molecule has 1 N–H and O–H groups in total. The SMILES string of the molecule is COC(=O)c1ccc(CNc2ccn(CC(F)F)n2)n1C. The summed E-state index contributed by atoms with van der Waals surface area (Å²) in [5.41, 5.74) is 1.29. The number of aromatic nitrogens is 3. The van der Waals surface area contributed by atoms with Crippen LogP contribution < -0.4 is 5.32 Å². The van der Waals surface area contributed by atoms with Gasteiger partial charge in [0.15, 0.2) is 0 Å². The van der Waals surface area contributed by atoms with Gasteiger partial charge in [0, 0.05) is 25.0 Å². The lowest BCUT2D eigenvalue weighted by Gasteiger charge is -2.07. The van der Waals surface area contributed by atoms with E-state index in [2.05, 4.69) is 15.2 Å². The maximum absolute atomic E-state index is 12.2. The second-order valence-corrected chi connectivity index (χ2v) is 4.43. The molecule has 8 heteroatoms. The summed E-state index contributed by atoms with van der Waals surface area (Å²) in [5.74, 6) is 0.0847. The van der Waals surface area contributed by atoms with Gasteiger partial charge < -0.3 is 14.6 Å². The quantitative estimate of drug-likeness (QED) is 0.827. The number of esters is 1. The number of ether oxygens (including phenoxy) is 1. The average molecular weight is 298 g/mol. The molecule has 0 spiro atoms. The highest BCUT2D eigenvalue weighted by Gasteiger charge is 2.12. The third-order valence-corrected chi connectivity index (χ3v) is 3.04. The highest BCUT2D eigenvalue weighted by atomic mass is 19.3. The molecule has 0 aliphatic heterocycles. The second-order valence-electron chi connectivity index (χ2n) is 4.43. The topological polar surface area (TPSA) is 61.1 Å². The van der Waals surface area contributed by atoms with E-state index in [0.29, 0.717) is 18.1 Å². The van der Waals surface area contributed by atoms with Crippen molar-refractivity contribution in [2.24, 2.45) is 7.05 Å². The van der Waals surface area contributed by atoms with E-state index in [-0.39, 0.29) is 0 Å². The molecule has 2 aromatic rings. The van der Waals surface area contributed by atoms with Gasteiger partial charge in [0.2, 0.25) is 0 Å². The fraction of sp³-hybridized carbons (Fsp3) is 0.385. The van der Waals surface area contributed by atoms with E-state index in [1.165, 1.54) is 18.0 Å². The van der Waals surface area contributed by atoms with Crippen LogP contribution in [0.2, 0.25) is 0 Å². The molecule has 0 fully saturated rings. The predicted molar refractivity (Wildman–Crippen MR) is 72.3 cm³/mol.